The Balaban J connectivity index is 1.12. The highest BCUT2D eigenvalue weighted by Crippen LogP contribution is 2.06. The monoisotopic (exact) mass is 448 g/mol. The lowest BCUT2D eigenvalue weighted by Gasteiger charge is -2.09. The molecule has 0 radical (unpaired) electrons. The molecule has 0 N–H and O–H groups in total. The van der Waals surface area contributed by atoms with Crippen molar-refractivity contribution < 1.29 is 14.2 Å². The summed E-state index contributed by atoms with van der Waals surface area (Å²) in [5.41, 5.74) is 4.11. The Bertz CT molecular complexity index is 982. The van der Waals surface area contributed by atoms with Crippen LogP contribution in [0.5, 0.6) is 0 Å². The summed E-state index contributed by atoms with van der Waals surface area (Å²) in [5.74, 6) is 0. The fourth-order valence-corrected chi connectivity index (χ4v) is 3.26. The van der Waals surface area contributed by atoms with Crippen LogP contribution in [0, 0.1) is 0 Å². The van der Waals surface area contributed by atoms with Crippen molar-refractivity contribution in [3.63, 3.8) is 0 Å². The number of hydrogen-bond acceptors (Lipinski definition) is 7. The highest BCUT2D eigenvalue weighted by atomic mass is 16.5. The van der Waals surface area contributed by atoms with Crippen LogP contribution in [0.25, 0.3) is 0 Å². The van der Waals surface area contributed by atoms with E-state index in [1.165, 1.54) is 0 Å². The van der Waals surface area contributed by atoms with Gasteiger partial charge in [-0.25, -0.2) is 9.36 Å². The zero-order valence-corrected chi connectivity index (χ0v) is 18.5. The molecule has 0 amide bonds. The molecule has 9 nitrogen and oxygen atoms in total. The quantitative estimate of drug-likeness (QED) is 0.274. The van der Waals surface area contributed by atoms with Gasteiger partial charge in [0, 0.05) is 0 Å². The van der Waals surface area contributed by atoms with Crippen LogP contribution >= 0.6 is 0 Å². The van der Waals surface area contributed by atoms with Crippen molar-refractivity contribution in [2.45, 2.75) is 39.5 Å². The molecule has 33 heavy (non-hydrogen) atoms. The SMILES string of the molecule is c1ccc(COCc2cnnn2CCOCCn2nncc2COCc2ccccc2)cc1. The molecule has 0 bridgehead atoms. The summed E-state index contributed by atoms with van der Waals surface area (Å²) in [7, 11) is 0. The fraction of sp³-hybridized carbons (Fsp3) is 0.333. The van der Waals surface area contributed by atoms with Crippen LogP contribution in [-0.4, -0.2) is 43.2 Å². The van der Waals surface area contributed by atoms with E-state index in [1.54, 1.807) is 12.4 Å². The topological polar surface area (TPSA) is 89.1 Å². The maximum absolute atomic E-state index is 5.78. The molecule has 0 aliphatic carbocycles. The molecule has 4 aromatic rings. The second-order valence-electron chi connectivity index (χ2n) is 7.47. The van der Waals surface area contributed by atoms with Crippen molar-refractivity contribution in [2.75, 3.05) is 13.2 Å². The molecule has 0 aliphatic rings. The third-order valence-electron chi connectivity index (χ3n) is 5.01. The minimum atomic E-state index is 0.452. The van der Waals surface area contributed by atoms with Crippen molar-refractivity contribution in [1.29, 1.82) is 0 Å². The molecule has 0 fully saturated rings. The van der Waals surface area contributed by atoms with Gasteiger partial charge in [0.1, 0.15) is 0 Å². The van der Waals surface area contributed by atoms with Gasteiger partial charge in [0.05, 0.1) is 76.5 Å². The summed E-state index contributed by atoms with van der Waals surface area (Å²) < 4.78 is 21.0. The first kappa shape index (κ1) is 22.8. The molecule has 0 saturated heterocycles. The van der Waals surface area contributed by atoms with Crippen LogP contribution < -0.4 is 0 Å². The third kappa shape index (κ3) is 7.31. The second-order valence-corrected chi connectivity index (χ2v) is 7.47. The summed E-state index contributed by atoms with van der Waals surface area (Å²) in [6.45, 7) is 4.26. The lowest BCUT2D eigenvalue weighted by molar-refractivity contribution is 0.0881. The minimum absolute atomic E-state index is 0.452. The Morgan fingerprint density at radius 2 is 1.00 bits per heavy atom. The maximum atomic E-state index is 5.78. The fourth-order valence-electron chi connectivity index (χ4n) is 3.26. The van der Waals surface area contributed by atoms with E-state index >= 15 is 0 Å². The molecule has 2 aromatic carbocycles. The predicted octanol–water partition coefficient (Wildman–Crippen LogP) is 3.02. The van der Waals surface area contributed by atoms with Crippen molar-refractivity contribution >= 4 is 0 Å². The molecular formula is C24H28N6O3. The van der Waals surface area contributed by atoms with E-state index < -0.39 is 0 Å². The molecule has 0 saturated carbocycles. The second kappa shape index (κ2) is 12.6. The molecule has 9 heteroatoms. The van der Waals surface area contributed by atoms with Crippen LogP contribution in [0.2, 0.25) is 0 Å². The van der Waals surface area contributed by atoms with Gasteiger partial charge in [-0.05, 0) is 11.1 Å². The highest BCUT2D eigenvalue weighted by molar-refractivity contribution is 5.14. The Hall–Kier alpha value is -3.40. The van der Waals surface area contributed by atoms with Gasteiger partial charge in [0.25, 0.3) is 0 Å². The molecule has 0 atom stereocenters. The van der Waals surface area contributed by atoms with Crippen LogP contribution in [0.1, 0.15) is 22.5 Å². The zero-order chi connectivity index (χ0) is 22.6. The lowest BCUT2D eigenvalue weighted by Crippen LogP contribution is -2.15. The molecule has 0 spiro atoms. The molecule has 172 valence electrons. The molecule has 2 heterocycles. The van der Waals surface area contributed by atoms with Gasteiger partial charge in [-0.1, -0.05) is 71.1 Å². The van der Waals surface area contributed by atoms with Crippen LogP contribution in [0.15, 0.2) is 73.1 Å². The van der Waals surface area contributed by atoms with E-state index in [-0.39, 0.29) is 0 Å². The van der Waals surface area contributed by atoms with Crippen molar-refractivity contribution in [3.8, 4) is 0 Å². The largest absolute Gasteiger partial charge is 0.378 e. The van der Waals surface area contributed by atoms with Crippen molar-refractivity contribution in [3.05, 3.63) is 95.6 Å². The van der Waals surface area contributed by atoms with Gasteiger partial charge in [0.2, 0.25) is 0 Å². The van der Waals surface area contributed by atoms with Gasteiger partial charge >= 0.3 is 0 Å². The average molecular weight is 449 g/mol. The maximum Gasteiger partial charge on any atom is 0.0905 e. The molecular weight excluding hydrogens is 420 g/mol. The summed E-state index contributed by atoms with van der Waals surface area (Å²) >= 11 is 0. The van der Waals surface area contributed by atoms with Gasteiger partial charge < -0.3 is 14.2 Å². The average Bonchev–Trinajstić information content (AvgIpc) is 3.50. The summed E-state index contributed by atoms with van der Waals surface area (Å²) in [6, 6.07) is 20.2. The van der Waals surface area contributed by atoms with Crippen molar-refractivity contribution in [2.24, 2.45) is 0 Å². The Labute approximate surface area is 192 Å². The number of rotatable bonds is 14. The van der Waals surface area contributed by atoms with Gasteiger partial charge in [-0.2, -0.15) is 0 Å². The van der Waals surface area contributed by atoms with Crippen LogP contribution in [-0.2, 0) is 53.7 Å². The number of ether oxygens (including phenoxy) is 3. The standard InChI is InChI=1S/C24H28N6O3/c1-3-7-21(8-4-1)17-32-19-23-15-25-27-29(23)11-13-31-14-12-30-24(16-26-28-30)20-33-18-22-9-5-2-6-10-22/h1-10,15-16H,11-14,17-20H2. The van der Waals surface area contributed by atoms with Crippen molar-refractivity contribution in [1.82, 2.24) is 30.0 Å². The van der Waals surface area contributed by atoms with Gasteiger partial charge in [0.15, 0.2) is 0 Å². The lowest BCUT2D eigenvalue weighted by atomic mass is 10.2. The number of benzene rings is 2. The predicted molar refractivity (Wildman–Crippen MR) is 121 cm³/mol. The first-order valence-electron chi connectivity index (χ1n) is 10.9. The molecule has 0 aliphatic heterocycles. The van der Waals surface area contributed by atoms with E-state index in [9.17, 15) is 0 Å². The zero-order valence-electron chi connectivity index (χ0n) is 18.5. The Morgan fingerprint density at radius 3 is 1.45 bits per heavy atom. The van der Waals surface area contributed by atoms with Gasteiger partial charge in [-0.3, -0.25) is 0 Å². The normalized spacial score (nSPS) is 11.2. The van der Waals surface area contributed by atoms with E-state index in [1.807, 2.05) is 70.0 Å². The smallest absolute Gasteiger partial charge is 0.0905 e. The first-order chi connectivity index (χ1) is 16.4. The third-order valence-corrected chi connectivity index (χ3v) is 5.01. The highest BCUT2D eigenvalue weighted by Gasteiger charge is 2.06. The van der Waals surface area contributed by atoms with E-state index in [4.69, 9.17) is 14.2 Å². The summed E-state index contributed by atoms with van der Waals surface area (Å²) in [4.78, 5) is 0. The van der Waals surface area contributed by atoms with E-state index in [2.05, 4.69) is 20.6 Å². The molecule has 0 unspecified atom stereocenters. The van der Waals surface area contributed by atoms with Crippen LogP contribution in [0.4, 0.5) is 0 Å². The summed E-state index contributed by atoms with van der Waals surface area (Å²) in [5, 5.41) is 16.2. The molecule has 4 rings (SSSR count). The minimum Gasteiger partial charge on any atom is -0.378 e. The molecule has 2 aromatic heterocycles. The number of hydrogen-bond donors (Lipinski definition) is 0. The van der Waals surface area contributed by atoms with E-state index in [0.717, 1.165) is 22.5 Å². The summed E-state index contributed by atoms with van der Waals surface area (Å²) in [6.07, 6.45) is 3.45. The number of aromatic nitrogens is 6. The van der Waals surface area contributed by atoms with Gasteiger partial charge in [-0.15, -0.1) is 10.2 Å². The van der Waals surface area contributed by atoms with E-state index in [0.29, 0.717) is 52.7 Å². The Kier molecular flexibility index (Phi) is 8.69. The first-order valence-corrected chi connectivity index (χ1v) is 10.9. The van der Waals surface area contributed by atoms with Crippen LogP contribution in [0.3, 0.4) is 0 Å². The number of nitrogens with zero attached hydrogens (tertiary/aromatic N) is 6. The Morgan fingerprint density at radius 1 is 0.545 bits per heavy atom.